The summed E-state index contributed by atoms with van der Waals surface area (Å²) >= 11 is 3.53. The first-order valence-electron chi connectivity index (χ1n) is 7.57. The first-order chi connectivity index (χ1) is 11.2. The molecule has 0 radical (unpaired) electrons. The van der Waals surface area contributed by atoms with Crippen molar-refractivity contribution in [1.82, 2.24) is 4.90 Å². The molecule has 0 saturated carbocycles. The van der Waals surface area contributed by atoms with E-state index in [1.807, 2.05) is 24.3 Å². The quantitative estimate of drug-likeness (QED) is 0.829. The number of amides is 1. The zero-order valence-corrected chi connectivity index (χ0v) is 14.0. The number of carbonyl (C=O) groups is 1. The highest BCUT2D eigenvalue weighted by atomic mass is 79.9. The molecule has 1 N–H and O–H groups in total. The van der Waals surface area contributed by atoms with E-state index in [0.717, 1.165) is 15.2 Å². The SMILES string of the molecule is O=C1c2cc(Br)c3ccccc3c2OCN1C1COCCC1O. The van der Waals surface area contributed by atoms with Gasteiger partial charge in [-0.15, -0.1) is 0 Å². The predicted octanol–water partition coefficient (Wildman–Crippen LogP) is 2.54. The van der Waals surface area contributed by atoms with Gasteiger partial charge in [0.15, 0.2) is 6.73 Å². The second-order valence-electron chi connectivity index (χ2n) is 5.83. The minimum absolute atomic E-state index is 0.128. The van der Waals surface area contributed by atoms with Gasteiger partial charge in [0.25, 0.3) is 5.91 Å². The third-order valence-corrected chi connectivity index (χ3v) is 5.13. The third kappa shape index (κ3) is 2.41. The first-order valence-corrected chi connectivity index (χ1v) is 8.37. The van der Waals surface area contributed by atoms with Crippen molar-refractivity contribution in [1.29, 1.82) is 0 Å². The fourth-order valence-corrected chi connectivity index (χ4v) is 3.80. The van der Waals surface area contributed by atoms with Gasteiger partial charge >= 0.3 is 0 Å². The summed E-state index contributed by atoms with van der Waals surface area (Å²) in [6.07, 6.45) is -0.0512. The third-order valence-electron chi connectivity index (χ3n) is 4.47. The number of rotatable bonds is 1. The van der Waals surface area contributed by atoms with Gasteiger partial charge in [-0.2, -0.15) is 0 Å². The van der Waals surface area contributed by atoms with Gasteiger partial charge in [-0.1, -0.05) is 40.2 Å². The fourth-order valence-electron chi connectivity index (χ4n) is 3.22. The normalized spacial score (nSPS) is 24.4. The highest BCUT2D eigenvalue weighted by Gasteiger charge is 2.37. The highest BCUT2D eigenvalue weighted by molar-refractivity contribution is 9.10. The second kappa shape index (κ2) is 5.78. The lowest BCUT2D eigenvalue weighted by molar-refractivity contribution is -0.0694. The van der Waals surface area contributed by atoms with E-state index in [-0.39, 0.29) is 18.7 Å². The van der Waals surface area contributed by atoms with E-state index in [0.29, 0.717) is 30.9 Å². The summed E-state index contributed by atoms with van der Waals surface area (Å²) in [6, 6.07) is 9.23. The smallest absolute Gasteiger partial charge is 0.260 e. The molecular weight excluding hydrogens is 362 g/mol. The van der Waals surface area contributed by atoms with Crippen LogP contribution in [-0.4, -0.2) is 48.0 Å². The molecule has 2 aliphatic rings. The van der Waals surface area contributed by atoms with Crippen molar-refractivity contribution in [2.45, 2.75) is 18.6 Å². The molecule has 2 unspecified atom stereocenters. The molecule has 0 bridgehead atoms. The second-order valence-corrected chi connectivity index (χ2v) is 6.68. The lowest BCUT2D eigenvalue weighted by Gasteiger charge is -2.39. The fraction of sp³-hybridized carbons (Fsp3) is 0.353. The van der Waals surface area contributed by atoms with E-state index < -0.39 is 6.10 Å². The Morgan fingerprint density at radius 2 is 2.04 bits per heavy atom. The monoisotopic (exact) mass is 377 g/mol. The van der Waals surface area contributed by atoms with Crippen molar-refractivity contribution in [3.63, 3.8) is 0 Å². The molecule has 2 aliphatic heterocycles. The Morgan fingerprint density at radius 3 is 2.83 bits per heavy atom. The average molecular weight is 378 g/mol. The maximum Gasteiger partial charge on any atom is 0.260 e. The standard InChI is InChI=1S/C17H16BrNO4/c18-13-7-12-16(11-4-2-1-3-10(11)13)23-9-19(17(12)21)14-8-22-6-5-15(14)20/h1-4,7,14-15,20H,5-6,8-9H2. The predicted molar refractivity (Wildman–Crippen MR) is 88.5 cm³/mol. The number of fused-ring (bicyclic) bond motifs is 3. The maximum atomic E-state index is 12.9. The first kappa shape index (κ1) is 14.9. The summed E-state index contributed by atoms with van der Waals surface area (Å²) in [7, 11) is 0. The Hall–Kier alpha value is -1.63. The van der Waals surface area contributed by atoms with Crippen LogP contribution in [0, 0.1) is 0 Å². The van der Waals surface area contributed by atoms with E-state index in [1.54, 1.807) is 11.0 Å². The average Bonchev–Trinajstić information content (AvgIpc) is 2.57. The molecule has 23 heavy (non-hydrogen) atoms. The summed E-state index contributed by atoms with van der Waals surface area (Å²) in [6.45, 7) is 0.982. The molecule has 5 nitrogen and oxygen atoms in total. The van der Waals surface area contributed by atoms with Crippen molar-refractivity contribution in [2.75, 3.05) is 19.9 Å². The Labute approximate surface area is 141 Å². The number of hydrogen-bond acceptors (Lipinski definition) is 4. The molecule has 0 spiro atoms. The number of nitrogens with zero attached hydrogens (tertiary/aromatic N) is 1. The molecule has 0 aromatic heterocycles. The van der Waals surface area contributed by atoms with Crippen LogP contribution in [0.1, 0.15) is 16.8 Å². The van der Waals surface area contributed by atoms with Crippen molar-refractivity contribution in [3.05, 3.63) is 40.4 Å². The van der Waals surface area contributed by atoms with E-state index in [4.69, 9.17) is 9.47 Å². The number of benzene rings is 2. The lowest BCUT2D eigenvalue weighted by atomic mass is 10.0. The minimum atomic E-state index is -0.582. The van der Waals surface area contributed by atoms with Crippen LogP contribution in [0.25, 0.3) is 10.8 Å². The van der Waals surface area contributed by atoms with Gasteiger partial charge in [-0.3, -0.25) is 9.69 Å². The number of aliphatic hydroxyl groups excluding tert-OH is 1. The summed E-state index contributed by atoms with van der Waals surface area (Å²) in [5.41, 5.74) is 0.514. The van der Waals surface area contributed by atoms with Gasteiger partial charge in [-0.25, -0.2) is 0 Å². The van der Waals surface area contributed by atoms with Gasteiger partial charge in [0.2, 0.25) is 0 Å². The van der Waals surface area contributed by atoms with Crippen LogP contribution in [0.2, 0.25) is 0 Å². The van der Waals surface area contributed by atoms with Gasteiger partial charge < -0.3 is 14.6 Å². The highest BCUT2D eigenvalue weighted by Crippen LogP contribution is 2.38. The molecule has 2 aromatic carbocycles. The maximum absolute atomic E-state index is 12.9. The van der Waals surface area contributed by atoms with E-state index in [1.165, 1.54) is 0 Å². The molecule has 6 heteroatoms. The molecule has 0 aliphatic carbocycles. The van der Waals surface area contributed by atoms with E-state index >= 15 is 0 Å². The number of hydrogen-bond donors (Lipinski definition) is 1. The van der Waals surface area contributed by atoms with Crippen LogP contribution in [-0.2, 0) is 4.74 Å². The van der Waals surface area contributed by atoms with Gasteiger partial charge in [0, 0.05) is 16.5 Å². The summed E-state index contributed by atoms with van der Waals surface area (Å²) < 4.78 is 12.2. The molecule has 1 saturated heterocycles. The minimum Gasteiger partial charge on any atom is -0.472 e. The van der Waals surface area contributed by atoms with Crippen molar-refractivity contribution < 1.29 is 19.4 Å². The van der Waals surface area contributed by atoms with E-state index in [9.17, 15) is 9.90 Å². The lowest BCUT2D eigenvalue weighted by Crippen LogP contribution is -2.54. The Bertz CT molecular complexity index is 779. The largest absolute Gasteiger partial charge is 0.472 e. The summed E-state index contributed by atoms with van der Waals surface area (Å²) in [5.74, 6) is 0.475. The molecule has 4 rings (SSSR count). The molecule has 2 atom stereocenters. The van der Waals surface area contributed by atoms with Gasteiger partial charge in [0.05, 0.1) is 24.3 Å². The number of ether oxygens (including phenoxy) is 2. The summed E-state index contributed by atoms with van der Waals surface area (Å²) in [5, 5.41) is 12.1. The van der Waals surface area contributed by atoms with Crippen LogP contribution >= 0.6 is 15.9 Å². The Balaban J connectivity index is 1.77. The van der Waals surface area contributed by atoms with Crippen LogP contribution in [0.5, 0.6) is 5.75 Å². The van der Waals surface area contributed by atoms with Gasteiger partial charge in [-0.05, 0) is 17.9 Å². The van der Waals surface area contributed by atoms with Crippen LogP contribution in [0.4, 0.5) is 0 Å². The number of halogens is 1. The molecule has 2 aromatic rings. The van der Waals surface area contributed by atoms with E-state index in [2.05, 4.69) is 15.9 Å². The topological polar surface area (TPSA) is 59.0 Å². The number of aliphatic hydroxyl groups is 1. The summed E-state index contributed by atoms with van der Waals surface area (Å²) in [4.78, 5) is 14.5. The molecule has 1 fully saturated rings. The van der Waals surface area contributed by atoms with Crippen LogP contribution in [0.15, 0.2) is 34.8 Å². The van der Waals surface area contributed by atoms with Gasteiger partial charge in [0.1, 0.15) is 5.75 Å². The van der Waals surface area contributed by atoms with Crippen LogP contribution < -0.4 is 4.74 Å². The van der Waals surface area contributed by atoms with Crippen LogP contribution in [0.3, 0.4) is 0 Å². The zero-order valence-electron chi connectivity index (χ0n) is 12.4. The molecule has 2 heterocycles. The Morgan fingerprint density at radius 1 is 1.26 bits per heavy atom. The van der Waals surface area contributed by atoms with Crippen molar-refractivity contribution >= 4 is 32.6 Å². The molecular formula is C17H16BrNO4. The molecule has 120 valence electrons. The van der Waals surface area contributed by atoms with Crippen molar-refractivity contribution in [3.8, 4) is 5.75 Å². The Kier molecular flexibility index (Phi) is 3.75. The molecule has 1 amide bonds. The number of carbonyl (C=O) groups excluding carboxylic acids is 1. The zero-order chi connectivity index (χ0) is 16.0. The van der Waals surface area contributed by atoms with Crippen molar-refractivity contribution in [2.24, 2.45) is 0 Å².